The van der Waals surface area contributed by atoms with Crippen LogP contribution in [0.3, 0.4) is 0 Å². The standard InChI is InChI=1S/C28H43N3O5/c1-26-7-5-19(30-25(34)31-11-9-29-10-12-31)14-18(26)3-4-21-22(26)15-23(32)27(2)20(6-8-28(21,27)35)17-13-24(33)36-16-17/h13,18-23,29,32,35H,3-12,14-16H2,1-2H3,(H,30,34)/t18-,19-,20-,21-,22-,23-,26-,27-,28-/m1/s1. The predicted molar refractivity (Wildman–Crippen MR) is 134 cm³/mol. The van der Waals surface area contributed by atoms with Crippen molar-refractivity contribution in [2.24, 2.45) is 34.5 Å². The van der Waals surface area contributed by atoms with Gasteiger partial charge in [-0.15, -0.1) is 0 Å². The number of carbonyl (C=O) groups is 2. The molecule has 9 atom stereocenters. The molecule has 0 aromatic heterocycles. The molecule has 8 heteroatoms. The van der Waals surface area contributed by atoms with Crippen LogP contribution in [0.2, 0.25) is 0 Å². The van der Waals surface area contributed by atoms with E-state index in [9.17, 15) is 19.8 Å². The molecule has 2 heterocycles. The Kier molecular flexibility index (Phi) is 5.97. The Hall–Kier alpha value is -1.64. The van der Waals surface area contributed by atoms with Crippen molar-refractivity contribution < 1.29 is 24.5 Å². The number of piperazine rings is 1. The number of amides is 2. The van der Waals surface area contributed by atoms with Gasteiger partial charge in [-0.1, -0.05) is 13.8 Å². The largest absolute Gasteiger partial charge is 0.458 e. The number of nitrogens with zero attached hydrogens (tertiary/aromatic N) is 1. The van der Waals surface area contributed by atoms with Gasteiger partial charge in [-0.25, -0.2) is 9.59 Å². The van der Waals surface area contributed by atoms with Crippen LogP contribution in [0, 0.1) is 34.5 Å². The maximum Gasteiger partial charge on any atom is 0.331 e. The number of hydrogen-bond acceptors (Lipinski definition) is 6. The molecule has 6 rings (SSSR count). The van der Waals surface area contributed by atoms with Crippen LogP contribution in [0.1, 0.15) is 65.2 Å². The van der Waals surface area contributed by atoms with E-state index in [1.165, 1.54) is 0 Å². The zero-order valence-corrected chi connectivity index (χ0v) is 21.8. The highest BCUT2D eigenvalue weighted by molar-refractivity contribution is 5.85. The lowest BCUT2D eigenvalue weighted by Crippen LogP contribution is -2.67. The van der Waals surface area contributed by atoms with Gasteiger partial charge in [0, 0.05) is 43.7 Å². The van der Waals surface area contributed by atoms with Crippen LogP contribution < -0.4 is 10.6 Å². The van der Waals surface area contributed by atoms with Crippen LogP contribution >= 0.6 is 0 Å². The molecule has 8 nitrogen and oxygen atoms in total. The van der Waals surface area contributed by atoms with Crippen molar-refractivity contribution >= 4 is 12.0 Å². The smallest absolute Gasteiger partial charge is 0.331 e. The van der Waals surface area contributed by atoms with Crippen LogP contribution in [-0.2, 0) is 9.53 Å². The minimum Gasteiger partial charge on any atom is -0.458 e. The normalized spacial score (nSPS) is 48.4. The molecular weight excluding hydrogens is 458 g/mol. The fraction of sp³-hybridized carbons (Fsp3) is 0.857. The van der Waals surface area contributed by atoms with Crippen molar-refractivity contribution in [3.8, 4) is 0 Å². The van der Waals surface area contributed by atoms with Gasteiger partial charge in [0.05, 0.1) is 11.7 Å². The molecule has 5 fully saturated rings. The van der Waals surface area contributed by atoms with Gasteiger partial charge in [0.15, 0.2) is 0 Å². The van der Waals surface area contributed by atoms with Crippen molar-refractivity contribution in [2.75, 3.05) is 32.8 Å². The monoisotopic (exact) mass is 501 g/mol. The zero-order chi connectivity index (χ0) is 25.3. The third-order valence-corrected chi connectivity index (χ3v) is 11.8. The molecule has 36 heavy (non-hydrogen) atoms. The molecule has 6 aliphatic rings. The van der Waals surface area contributed by atoms with Crippen molar-refractivity contribution in [1.82, 2.24) is 15.5 Å². The molecule has 0 aromatic carbocycles. The third kappa shape index (κ3) is 3.50. The number of cyclic esters (lactones) is 1. The highest BCUT2D eigenvalue weighted by Gasteiger charge is 2.70. The summed E-state index contributed by atoms with van der Waals surface area (Å²) in [6.07, 6.45) is 8.10. The molecule has 1 saturated heterocycles. The van der Waals surface area contributed by atoms with Gasteiger partial charge in [0.2, 0.25) is 0 Å². The van der Waals surface area contributed by atoms with Crippen LogP contribution in [0.15, 0.2) is 11.6 Å². The maximum absolute atomic E-state index is 12.8. The summed E-state index contributed by atoms with van der Waals surface area (Å²) in [5.74, 6) is 0.584. The number of urea groups is 1. The Morgan fingerprint density at radius 2 is 1.89 bits per heavy atom. The molecule has 4 aliphatic carbocycles. The SMILES string of the molecule is C[C@@]12CC[C@@H](NC(=O)N3CCNCC3)C[C@H]1CC[C@@H]1[C@H]2C[C@@H](O)[C@@]2(C)[C@@H](C3=CC(=O)OC3)CC[C@@]12O. The average Bonchev–Trinajstić information content (AvgIpc) is 3.41. The van der Waals surface area contributed by atoms with Gasteiger partial charge in [-0.3, -0.25) is 0 Å². The first-order valence-electron chi connectivity index (χ1n) is 14.2. The summed E-state index contributed by atoms with van der Waals surface area (Å²) < 4.78 is 5.21. The first-order chi connectivity index (χ1) is 17.2. The quantitative estimate of drug-likeness (QED) is 0.432. The lowest BCUT2D eigenvalue weighted by atomic mass is 9.42. The van der Waals surface area contributed by atoms with E-state index >= 15 is 0 Å². The number of carbonyl (C=O) groups excluding carboxylic acids is 2. The minimum absolute atomic E-state index is 0.0219. The molecule has 4 N–H and O–H groups in total. The van der Waals surface area contributed by atoms with E-state index in [0.717, 1.165) is 70.3 Å². The van der Waals surface area contributed by atoms with Crippen molar-refractivity contribution in [3.63, 3.8) is 0 Å². The Labute approximate surface area is 214 Å². The molecule has 0 aromatic rings. The van der Waals surface area contributed by atoms with E-state index in [-0.39, 0.29) is 47.8 Å². The van der Waals surface area contributed by atoms with E-state index in [0.29, 0.717) is 18.8 Å². The number of aliphatic hydroxyl groups is 2. The molecule has 0 radical (unpaired) electrons. The van der Waals surface area contributed by atoms with Gasteiger partial charge in [0.25, 0.3) is 0 Å². The van der Waals surface area contributed by atoms with Gasteiger partial charge in [0.1, 0.15) is 6.61 Å². The molecule has 0 bridgehead atoms. The molecule has 0 unspecified atom stereocenters. The second-order valence-electron chi connectivity index (χ2n) is 13.0. The van der Waals surface area contributed by atoms with Gasteiger partial charge in [-0.2, -0.15) is 0 Å². The summed E-state index contributed by atoms with van der Waals surface area (Å²) in [5.41, 5.74) is -0.600. The van der Waals surface area contributed by atoms with Gasteiger partial charge >= 0.3 is 12.0 Å². The van der Waals surface area contributed by atoms with Gasteiger partial charge < -0.3 is 30.5 Å². The second-order valence-corrected chi connectivity index (χ2v) is 13.0. The number of hydrogen-bond donors (Lipinski definition) is 4. The van der Waals surface area contributed by atoms with E-state index in [1.807, 2.05) is 4.90 Å². The highest BCUT2D eigenvalue weighted by atomic mass is 16.5. The molecular formula is C28H43N3O5. The Morgan fingerprint density at radius 1 is 1.11 bits per heavy atom. The molecule has 2 amide bonds. The first kappa shape index (κ1) is 24.7. The van der Waals surface area contributed by atoms with Crippen LogP contribution in [0.5, 0.6) is 0 Å². The number of aliphatic hydroxyl groups excluding tert-OH is 1. The van der Waals surface area contributed by atoms with Crippen LogP contribution in [0.25, 0.3) is 0 Å². The van der Waals surface area contributed by atoms with Crippen molar-refractivity contribution in [3.05, 3.63) is 11.6 Å². The number of nitrogens with one attached hydrogen (secondary N) is 2. The van der Waals surface area contributed by atoms with Crippen LogP contribution in [0.4, 0.5) is 4.79 Å². The molecule has 0 spiro atoms. The lowest BCUT2D eigenvalue weighted by Gasteiger charge is -2.65. The predicted octanol–water partition coefficient (Wildman–Crippen LogP) is 2.20. The Balaban J connectivity index is 1.19. The minimum atomic E-state index is -0.937. The van der Waals surface area contributed by atoms with Crippen molar-refractivity contribution in [1.29, 1.82) is 0 Å². The van der Waals surface area contributed by atoms with E-state index in [2.05, 4.69) is 24.5 Å². The summed E-state index contributed by atoms with van der Waals surface area (Å²) >= 11 is 0. The molecule has 2 aliphatic heterocycles. The topological polar surface area (TPSA) is 111 Å². The summed E-state index contributed by atoms with van der Waals surface area (Å²) in [6.45, 7) is 7.97. The van der Waals surface area contributed by atoms with E-state index in [1.54, 1.807) is 6.08 Å². The first-order valence-corrected chi connectivity index (χ1v) is 14.2. The number of fused-ring (bicyclic) bond motifs is 5. The lowest BCUT2D eigenvalue weighted by molar-refractivity contribution is -0.242. The molecule has 4 saturated carbocycles. The summed E-state index contributed by atoms with van der Waals surface area (Å²) in [5, 5.41) is 30.7. The Bertz CT molecular complexity index is 949. The third-order valence-electron chi connectivity index (χ3n) is 11.8. The van der Waals surface area contributed by atoms with Crippen LogP contribution in [-0.4, -0.2) is 77.6 Å². The second kappa shape index (κ2) is 8.70. The summed E-state index contributed by atoms with van der Waals surface area (Å²) in [4.78, 5) is 26.5. The maximum atomic E-state index is 12.8. The zero-order valence-electron chi connectivity index (χ0n) is 21.8. The number of esters is 1. The van der Waals surface area contributed by atoms with Gasteiger partial charge in [-0.05, 0) is 86.0 Å². The average molecular weight is 502 g/mol. The number of rotatable bonds is 2. The highest BCUT2D eigenvalue weighted by Crippen LogP contribution is 2.69. The van der Waals surface area contributed by atoms with Crippen molar-refractivity contribution in [2.45, 2.75) is 83.0 Å². The molecule has 200 valence electrons. The fourth-order valence-electron chi connectivity index (χ4n) is 9.65. The van der Waals surface area contributed by atoms with E-state index in [4.69, 9.17) is 4.74 Å². The number of ether oxygens (including phenoxy) is 1. The van der Waals surface area contributed by atoms with E-state index < -0.39 is 17.1 Å². The summed E-state index contributed by atoms with van der Waals surface area (Å²) in [7, 11) is 0. The Morgan fingerprint density at radius 3 is 2.61 bits per heavy atom. The fourth-order valence-corrected chi connectivity index (χ4v) is 9.65. The summed E-state index contributed by atoms with van der Waals surface area (Å²) in [6, 6.07) is 0.268.